The molecule has 0 radical (unpaired) electrons. The zero-order chi connectivity index (χ0) is 12.9. The second-order valence-corrected chi connectivity index (χ2v) is 6.36. The fraction of sp³-hybridized carbons (Fsp3) is 0.500. The van der Waals surface area contributed by atoms with Gasteiger partial charge in [0, 0.05) is 12.3 Å². The Labute approximate surface area is 103 Å². The summed E-state index contributed by atoms with van der Waals surface area (Å²) in [5.74, 6) is 0.910. The molecule has 0 amide bonds. The first-order valence-electron chi connectivity index (χ1n) is 5.61. The Kier molecular flexibility index (Phi) is 4.96. The van der Waals surface area contributed by atoms with Gasteiger partial charge in [0.15, 0.2) is 9.84 Å². The number of sulfone groups is 1. The average molecular weight is 257 g/mol. The van der Waals surface area contributed by atoms with Crippen molar-refractivity contribution in [1.29, 1.82) is 0 Å². The summed E-state index contributed by atoms with van der Waals surface area (Å²) in [6.07, 6.45) is 0. The lowest BCUT2D eigenvalue weighted by atomic mass is 10.1. The summed E-state index contributed by atoms with van der Waals surface area (Å²) in [4.78, 5) is 0. The van der Waals surface area contributed by atoms with Crippen LogP contribution in [-0.4, -0.2) is 26.5 Å². The van der Waals surface area contributed by atoms with E-state index in [1.165, 1.54) is 0 Å². The van der Waals surface area contributed by atoms with Crippen molar-refractivity contribution in [1.82, 2.24) is 0 Å². The maximum absolute atomic E-state index is 11.3. The number of aryl methyl sites for hydroxylation is 1. The summed E-state index contributed by atoms with van der Waals surface area (Å²) in [5, 5.41) is 0. The van der Waals surface area contributed by atoms with Crippen molar-refractivity contribution < 1.29 is 13.2 Å². The monoisotopic (exact) mass is 257 g/mol. The van der Waals surface area contributed by atoms with Crippen molar-refractivity contribution in [2.24, 2.45) is 5.73 Å². The first kappa shape index (κ1) is 14.0. The normalized spacial score (nSPS) is 11.5. The van der Waals surface area contributed by atoms with E-state index in [4.69, 9.17) is 10.5 Å². The van der Waals surface area contributed by atoms with E-state index in [-0.39, 0.29) is 18.1 Å². The molecule has 0 atom stereocenters. The lowest BCUT2D eigenvalue weighted by Gasteiger charge is -2.10. The number of hydrogen-bond acceptors (Lipinski definition) is 4. The molecule has 0 aliphatic heterocycles. The summed E-state index contributed by atoms with van der Waals surface area (Å²) in [7, 11) is -2.97. The highest BCUT2D eigenvalue weighted by Gasteiger charge is 2.08. The summed E-state index contributed by atoms with van der Waals surface area (Å²) >= 11 is 0. The molecule has 0 saturated heterocycles. The van der Waals surface area contributed by atoms with Gasteiger partial charge in [0.05, 0.1) is 5.75 Å². The van der Waals surface area contributed by atoms with Crippen molar-refractivity contribution in [3.63, 3.8) is 0 Å². The van der Waals surface area contributed by atoms with Gasteiger partial charge in [-0.1, -0.05) is 19.1 Å². The smallest absolute Gasteiger partial charge is 0.153 e. The zero-order valence-corrected chi connectivity index (χ0v) is 11.1. The summed E-state index contributed by atoms with van der Waals surface area (Å²) < 4.78 is 28.1. The van der Waals surface area contributed by atoms with Crippen LogP contribution >= 0.6 is 0 Å². The number of nitrogens with two attached hydrogens (primary N) is 1. The summed E-state index contributed by atoms with van der Waals surface area (Å²) in [6, 6.07) is 5.71. The molecule has 2 N–H and O–H groups in total. The lowest BCUT2D eigenvalue weighted by Crippen LogP contribution is -2.16. The van der Waals surface area contributed by atoms with Crippen LogP contribution in [0.3, 0.4) is 0 Å². The van der Waals surface area contributed by atoms with Crippen molar-refractivity contribution >= 4 is 9.84 Å². The molecule has 96 valence electrons. The van der Waals surface area contributed by atoms with Crippen molar-refractivity contribution in [2.45, 2.75) is 20.4 Å². The van der Waals surface area contributed by atoms with E-state index in [0.717, 1.165) is 11.1 Å². The fourth-order valence-electron chi connectivity index (χ4n) is 1.35. The van der Waals surface area contributed by atoms with Crippen molar-refractivity contribution in [3.05, 3.63) is 29.3 Å². The average Bonchev–Trinajstić information content (AvgIpc) is 2.31. The van der Waals surface area contributed by atoms with E-state index < -0.39 is 9.84 Å². The van der Waals surface area contributed by atoms with Crippen LogP contribution in [0.2, 0.25) is 0 Å². The Morgan fingerprint density at radius 3 is 2.65 bits per heavy atom. The molecule has 0 heterocycles. The Balaban J connectivity index is 2.63. The van der Waals surface area contributed by atoms with E-state index in [1.807, 2.05) is 25.1 Å². The number of ether oxygens (including phenoxy) is 1. The third kappa shape index (κ3) is 4.36. The number of benzene rings is 1. The van der Waals surface area contributed by atoms with Crippen LogP contribution in [0.5, 0.6) is 5.75 Å². The third-order valence-corrected chi connectivity index (χ3v) is 4.25. The van der Waals surface area contributed by atoms with Gasteiger partial charge in [0.25, 0.3) is 0 Å². The van der Waals surface area contributed by atoms with Crippen molar-refractivity contribution in [3.8, 4) is 5.75 Å². The lowest BCUT2D eigenvalue weighted by molar-refractivity contribution is 0.338. The maximum atomic E-state index is 11.3. The maximum Gasteiger partial charge on any atom is 0.153 e. The Morgan fingerprint density at radius 1 is 1.35 bits per heavy atom. The molecule has 0 aromatic heterocycles. The first-order chi connectivity index (χ1) is 7.98. The highest BCUT2D eigenvalue weighted by atomic mass is 32.2. The van der Waals surface area contributed by atoms with Crippen LogP contribution in [0.4, 0.5) is 0 Å². The molecule has 4 nitrogen and oxygen atoms in total. The SMILES string of the molecule is CCS(=O)(=O)CCOc1cc(CN)ccc1C. The van der Waals surface area contributed by atoms with Gasteiger partial charge in [0.2, 0.25) is 0 Å². The van der Waals surface area contributed by atoms with Gasteiger partial charge in [-0.05, 0) is 24.1 Å². The van der Waals surface area contributed by atoms with Gasteiger partial charge < -0.3 is 10.5 Å². The zero-order valence-electron chi connectivity index (χ0n) is 10.3. The minimum atomic E-state index is -2.97. The molecular formula is C12H19NO3S. The van der Waals surface area contributed by atoms with Gasteiger partial charge in [-0.3, -0.25) is 0 Å². The topological polar surface area (TPSA) is 69.4 Å². The Bertz CT molecular complexity index is 469. The largest absolute Gasteiger partial charge is 0.492 e. The second-order valence-electron chi connectivity index (χ2n) is 3.89. The molecular weight excluding hydrogens is 238 g/mol. The highest BCUT2D eigenvalue weighted by Crippen LogP contribution is 2.19. The van der Waals surface area contributed by atoms with Crippen LogP contribution in [0.25, 0.3) is 0 Å². The van der Waals surface area contributed by atoms with Crippen molar-refractivity contribution in [2.75, 3.05) is 18.1 Å². The van der Waals surface area contributed by atoms with E-state index in [1.54, 1.807) is 6.92 Å². The number of rotatable bonds is 6. The molecule has 0 bridgehead atoms. The van der Waals surface area contributed by atoms with Gasteiger partial charge in [0.1, 0.15) is 12.4 Å². The number of hydrogen-bond donors (Lipinski definition) is 1. The molecule has 5 heteroatoms. The minimum Gasteiger partial charge on any atom is -0.492 e. The molecule has 1 aromatic carbocycles. The predicted octanol–water partition coefficient (Wildman–Crippen LogP) is 1.27. The van der Waals surface area contributed by atoms with Gasteiger partial charge in [-0.25, -0.2) is 8.42 Å². The van der Waals surface area contributed by atoms with Gasteiger partial charge in [-0.2, -0.15) is 0 Å². The van der Waals surface area contributed by atoms with Gasteiger partial charge >= 0.3 is 0 Å². The van der Waals surface area contributed by atoms with Crippen LogP contribution in [-0.2, 0) is 16.4 Å². The molecule has 1 aromatic rings. The van der Waals surface area contributed by atoms with E-state index in [9.17, 15) is 8.42 Å². The molecule has 17 heavy (non-hydrogen) atoms. The predicted molar refractivity (Wildman–Crippen MR) is 68.9 cm³/mol. The van der Waals surface area contributed by atoms with Crippen LogP contribution in [0.15, 0.2) is 18.2 Å². The van der Waals surface area contributed by atoms with Crippen LogP contribution in [0, 0.1) is 6.92 Å². The molecule has 0 saturated carbocycles. The Hall–Kier alpha value is -1.07. The summed E-state index contributed by atoms with van der Waals surface area (Å²) in [5.41, 5.74) is 7.50. The van der Waals surface area contributed by atoms with E-state index in [2.05, 4.69) is 0 Å². The van der Waals surface area contributed by atoms with E-state index >= 15 is 0 Å². The molecule has 0 spiro atoms. The van der Waals surface area contributed by atoms with Crippen LogP contribution < -0.4 is 10.5 Å². The van der Waals surface area contributed by atoms with Gasteiger partial charge in [-0.15, -0.1) is 0 Å². The molecule has 0 fully saturated rings. The molecule has 0 unspecified atom stereocenters. The summed E-state index contributed by atoms with van der Waals surface area (Å²) in [6.45, 7) is 4.19. The quantitative estimate of drug-likeness (QED) is 0.833. The van der Waals surface area contributed by atoms with Crippen LogP contribution in [0.1, 0.15) is 18.1 Å². The molecule has 0 aliphatic rings. The molecule has 0 aliphatic carbocycles. The first-order valence-corrected chi connectivity index (χ1v) is 7.43. The fourth-order valence-corrected chi connectivity index (χ4v) is 1.98. The highest BCUT2D eigenvalue weighted by molar-refractivity contribution is 7.91. The second kappa shape index (κ2) is 6.02. The third-order valence-electron chi connectivity index (χ3n) is 2.58. The minimum absolute atomic E-state index is 0.0514. The van der Waals surface area contributed by atoms with E-state index in [0.29, 0.717) is 12.3 Å². The Morgan fingerprint density at radius 2 is 2.06 bits per heavy atom. The molecule has 1 rings (SSSR count). The standard InChI is InChI=1S/C12H19NO3S/c1-3-17(14,15)7-6-16-12-8-11(9-13)5-4-10(12)2/h4-5,8H,3,6-7,9,13H2,1-2H3.